The van der Waals surface area contributed by atoms with E-state index >= 15 is 0 Å². The van der Waals surface area contributed by atoms with Crippen LogP contribution in [0.15, 0.2) is 64.8 Å². The fourth-order valence-electron chi connectivity index (χ4n) is 1.74. The number of hydrogen-bond donors (Lipinski definition) is 0. The van der Waals surface area contributed by atoms with Crippen molar-refractivity contribution in [2.45, 2.75) is 0 Å². The molecule has 0 radical (unpaired) electrons. The maximum Gasteiger partial charge on any atom is 0.336 e. The van der Waals surface area contributed by atoms with Crippen LogP contribution in [0.2, 0.25) is 0 Å². The summed E-state index contributed by atoms with van der Waals surface area (Å²) in [6.45, 7) is 0. The number of carbonyl (C=O) groups excluding carboxylic acids is 1. The number of cyclic esters (lactones) is 1. The highest BCUT2D eigenvalue weighted by molar-refractivity contribution is 5.87. The molecule has 2 heterocycles. The van der Waals surface area contributed by atoms with E-state index in [1.54, 1.807) is 12.2 Å². The number of rotatable bonds is 2. The van der Waals surface area contributed by atoms with Crippen LogP contribution >= 0.6 is 0 Å². The van der Waals surface area contributed by atoms with Crippen LogP contribution in [-0.4, -0.2) is 5.97 Å². The van der Waals surface area contributed by atoms with Crippen LogP contribution in [0.5, 0.6) is 0 Å². The summed E-state index contributed by atoms with van der Waals surface area (Å²) in [5.41, 5.74) is 1.01. The van der Waals surface area contributed by atoms with E-state index in [2.05, 4.69) is 0 Å². The Balaban J connectivity index is 1.87. The van der Waals surface area contributed by atoms with Gasteiger partial charge in [-0.25, -0.2) is 4.79 Å². The number of allylic oxidation sites excluding steroid dienone is 1. The third-order valence-corrected chi connectivity index (χ3v) is 2.57. The Morgan fingerprint density at radius 1 is 0.944 bits per heavy atom. The molecule has 2 aromatic rings. The van der Waals surface area contributed by atoms with Crippen LogP contribution < -0.4 is 0 Å². The lowest BCUT2D eigenvalue weighted by Gasteiger charge is -1.95. The molecule has 88 valence electrons. The Bertz CT molecular complexity index is 633. The third-order valence-electron chi connectivity index (χ3n) is 2.57. The lowest BCUT2D eigenvalue weighted by atomic mass is 10.2. The first-order chi connectivity index (χ1) is 8.81. The molecule has 1 aliphatic rings. The van der Waals surface area contributed by atoms with Crippen molar-refractivity contribution in [3.8, 4) is 11.3 Å². The van der Waals surface area contributed by atoms with Gasteiger partial charge in [0.05, 0.1) is 0 Å². The zero-order chi connectivity index (χ0) is 12.4. The molecule has 0 amide bonds. The van der Waals surface area contributed by atoms with Gasteiger partial charge in [-0.15, -0.1) is 0 Å². The molecule has 3 rings (SSSR count). The Morgan fingerprint density at radius 3 is 2.50 bits per heavy atom. The predicted molar refractivity (Wildman–Crippen MR) is 67.4 cm³/mol. The molecule has 0 unspecified atom stereocenters. The van der Waals surface area contributed by atoms with Gasteiger partial charge in [-0.2, -0.15) is 0 Å². The van der Waals surface area contributed by atoms with Crippen molar-refractivity contribution in [3.05, 3.63) is 66.1 Å². The third kappa shape index (κ3) is 2.11. The highest BCUT2D eigenvalue weighted by Gasteiger charge is 2.10. The van der Waals surface area contributed by atoms with Gasteiger partial charge in [-0.05, 0) is 18.2 Å². The molecule has 1 aromatic carbocycles. The summed E-state index contributed by atoms with van der Waals surface area (Å²) >= 11 is 0. The molecule has 1 aromatic heterocycles. The minimum absolute atomic E-state index is 0.351. The van der Waals surface area contributed by atoms with Crippen LogP contribution in [0, 0.1) is 0 Å². The van der Waals surface area contributed by atoms with E-state index < -0.39 is 0 Å². The first kappa shape index (κ1) is 10.6. The largest absolute Gasteiger partial charge is 0.457 e. The molecule has 0 atom stereocenters. The smallest absolute Gasteiger partial charge is 0.336 e. The molecule has 0 N–H and O–H groups in total. The molecule has 3 heteroatoms. The Morgan fingerprint density at radius 2 is 1.78 bits per heavy atom. The van der Waals surface area contributed by atoms with E-state index in [-0.39, 0.29) is 5.97 Å². The number of benzene rings is 1. The van der Waals surface area contributed by atoms with E-state index in [9.17, 15) is 4.79 Å². The standard InChI is InChI=1S/C15H10O3/c16-15-9-7-13(18-15)10-12-6-8-14(17-12)11-4-2-1-3-5-11/h1-10H/b13-10+. The average molecular weight is 238 g/mol. The van der Waals surface area contributed by atoms with Gasteiger partial charge in [0.15, 0.2) is 0 Å². The van der Waals surface area contributed by atoms with Gasteiger partial charge in [0, 0.05) is 17.7 Å². The first-order valence-corrected chi connectivity index (χ1v) is 5.58. The highest BCUT2D eigenvalue weighted by atomic mass is 16.5. The summed E-state index contributed by atoms with van der Waals surface area (Å²) in [7, 11) is 0. The molecule has 0 fully saturated rings. The van der Waals surface area contributed by atoms with Crippen molar-refractivity contribution >= 4 is 12.0 Å². The Hall–Kier alpha value is -2.55. The summed E-state index contributed by atoms with van der Waals surface area (Å²) in [4.78, 5) is 10.9. The normalized spacial score (nSPS) is 16.2. The topological polar surface area (TPSA) is 39.4 Å². The Labute approximate surface area is 104 Å². The molecule has 0 aliphatic carbocycles. The fraction of sp³-hybridized carbons (Fsp3) is 0. The number of carbonyl (C=O) groups is 1. The van der Waals surface area contributed by atoms with Gasteiger partial charge in [0.1, 0.15) is 17.3 Å². The van der Waals surface area contributed by atoms with Crippen molar-refractivity contribution in [1.29, 1.82) is 0 Å². The zero-order valence-electron chi connectivity index (χ0n) is 9.50. The van der Waals surface area contributed by atoms with Crippen LogP contribution in [0.4, 0.5) is 0 Å². The van der Waals surface area contributed by atoms with Gasteiger partial charge < -0.3 is 9.15 Å². The lowest BCUT2D eigenvalue weighted by molar-refractivity contribution is -0.132. The van der Waals surface area contributed by atoms with Crippen molar-refractivity contribution in [2.75, 3.05) is 0 Å². The zero-order valence-corrected chi connectivity index (χ0v) is 9.50. The lowest BCUT2D eigenvalue weighted by Crippen LogP contribution is -1.89. The second-order valence-electron chi connectivity index (χ2n) is 3.87. The number of hydrogen-bond acceptors (Lipinski definition) is 3. The van der Waals surface area contributed by atoms with Gasteiger partial charge >= 0.3 is 5.97 Å². The summed E-state index contributed by atoms with van der Waals surface area (Å²) in [5, 5.41) is 0. The Kier molecular flexibility index (Phi) is 2.57. The van der Waals surface area contributed by atoms with E-state index in [0.29, 0.717) is 11.5 Å². The van der Waals surface area contributed by atoms with Crippen molar-refractivity contribution < 1.29 is 13.9 Å². The van der Waals surface area contributed by atoms with E-state index in [1.807, 2.05) is 42.5 Å². The summed E-state index contributed by atoms with van der Waals surface area (Å²) in [6.07, 6.45) is 4.69. The van der Waals surface area contributed by atoms with Crippen molar-refractivity contribution in [1.82, 2.24) is 0 Å². The monoisotopic (exact) mass is 238 g/mol. The maximum absolute atomic E-state index is 10.9. The molecule has 0 saturated carbocycles. The van der Waals surface area contributed by atoms with Crippen LogP contribution in [0.1, 0.15) is 5.76 Å². The summed E-state index contributed by atoms with van der Waals surface area (Å²) in [5.74, 6) is 1.59. The van der Waals surface area contributed by atoms with Gasteiger partial charge in [-0.3, -0.25) is 0 Å². The van der Waals surface area contributed by atoms with Crippen LogP contribution in [-0.2, 0) is 9.53 Å². The number of ether oxygens (including phenoxy) is 1. The van der Waals surface area contributed by atoms with Crippen molar-refractivity contribution in [3.63, 3.8) is 0 Å². The molecule has 0 spiro atoms. The molecular weight excluding hydrogens is 228 g/mol. The van der Waals surface area contributed by atoms with Gasteiger partial charge in [0.25, 0.3) is 0 Å². The second-order valence-corrected chi connectivity index (χ2v) is 3.87. The minimum Gasteiger partial charge on any atom is -0.457 e. The number of furan rings is 1. The fourth-order valence-corrected chi connectivity index (χ4v) is 1.74. The highest BCUT2D eigenvalue weighted by Crippen LogP contribution is 2.24. The molecular formula is C15H10O3. The average Bonchev–Trinajstić information content (AvgIpc) is 3.01. The van der Waals surface area contributed by atoms with Crippen LogP contribution in [0.25, 0.3) is 17.4 Å². The minimum atomic E-state index is -0.351. The molecule has 1 aliphatic heterocycles. The number of esters is 1. The SMILES string of the molecule is O=C1C=C/C(=C\c2ccc(-c3ccccc3)o2)O1. The van der Waals surface area contributed by atoms with Gasteiger partial charge in [-0.1, -0.05) is 30.3 Å². The second kappa shape index (κ2) is 4.37. The quantitative estimate of drug-likeness (QED) is 0.753. The predicted octanol–water partition coefficient (Wildman–Crippen LogP) is 3.40. The van der Waals surface area contributed by atoms with Crippen molar-refractivity contribution in [2.24, 2.45) is 0 Å². The van der Waals surface area contributed by atoms with Crippen LogP contribution in [0.3, 0.4) is 0 Å². The molecule has 0 bridgehead atoms. The van der Waals surface area contributed by atoms with Gasteiger partial charge in [0.2, 0.25) is 0 Å². The van der Waals surface area contributed by atoms with E-state index in [1.165, 1.54) is 6.08 Å². The summed E-state index contributed by atoms with van der Waals surface area (Å²) < 4.78 is 10.6. The first-order valence-electron chi connectivity index (χ1n) is 5.58. The summed E-state index contributed by atoms with van der Waals surface area (Å²) in [6, 6.07) is 13.6. The molecule has 18 heavy (non-hydrogen) atoms. The molecule has 3 nitrogen and oxygen atoms in total. The maximum atomic E-state index is 10.9. The molecule has 0 saturated heterocycles. The van der Waals surface area contributed by atoms with E-state index in [4.69, 9.17) is 9.15 Å². The van der Waals surface area contributed by atoms with E-state index in [0.717, 1.165) is 11.3 Å².